The van der Waals surface area contributed by atoms with E-state index in [1.54, 1.807) is 27.7 Å². The highest BCUT2D eigenvalue weighted by Crippen LogP contribution is 2.10. The Morgan fingerprint density at radius 2 is 1.31 bits per heavy atom. The molecule has 0 aliphatic heterocycles. The molecule has 0 bridgehead atoms. The van der Waals surface area contributed by atoms with E-state index < -0.39 is 6.29 Å². The average Bonchev–Trinajstić information content (AvgIpc) is 2.17. The molecule has 0 radical (unpaired) electrons. The average molecular weight is 230 g/mol. The van der Waals surface area contributed by atoms with Gasteiger partial charge in [-0.2, -0.15) is 0 Å². The van der Waals surface area contributed by atoms with E-state index in [-0.39, 0.29) is 23.8 Å². The van der Waals surface area contributed by atoms with Crippen molar-refractivity contribution in [3.05, 3.63) is 0 Å². The molecule has 0 spiro atoms. The van der Waals surface area contributed by atoms with Crippen LogP contribution in [0.5, 0.6) is 0 Å². The molecule has 94 valence electrons. The van der Waals surface area contributed by atoms with Gasteiger partial charge in [0, 0.05) is 6.42 Å². The van der Waals surface area contributed by atoms with Crippen LogP contribution in [0.25, 0.3) is 0 Å². The predicted molar refractivity (Wildman–Crippen MR) is 60.6 cm³/mol. The van der Waals surface area contributed by atoms with Gasteiger partial charge < -0.3 is 9.47 Å². The lowest BCUT2D eigenvalue weighted by molar-refractivity contribution is -0.193. The van der Waals surface area contributed by atoms with E-state index in [2.05, 4.69) is 0 Å². The van der Waals surface area contributed by atoms with E-state index in [1.807, 2.05) is 6.92 Å². The predicted octanol–water partition coefficient (Wildman–Crippen LogP) is 2.51. The summed E-state index contributed by atoms with van der Waals surface area (Å²) < 4.78 is 10.2. The lowest BCUT2D eigenvalue weighted by Crippen LogP contribution is -2.28. The molecule has 0 saturated carbocycles. The van der Waals surface area contributed by atoms with Crippen molar-refractivity contribution in [3.8, 4) is 0 Å². The fourth-order valence-electron chi connectivity index (χ4n) is 0.909. The summed E-state index contributed by atoms with van der Waals surface area (Å²) in [7, 11) is 0. The Bertz CT molecular complexity index is 211. The summed E-state index contributed by atoms with van der Waals surface area (Å²) >= 11 is 0. The molecule has 0 aliphatic rings. The number of esters is 2. The molecular formula is C12H22O4. The van der Waals surface area contributed by atoms with E-state index in [0.29, 0.717) is 6.42 Å². The van der Waals surface area contributed by atoms with E-state index in [1.165, 1.54) is 0 Å². The van der Waals surface area contributed by atoms with Crippen LogP contribution in [0.15, 0.2) is 0 Å². The van der Waals surface area contributed by atoms with Crippen LogP contribution in [-0.4, -0.2) is 18.2 Å². The van der Waals surface area contributed by atoms with Crippen molar-refractivity contribution in [1.82, 2.24) is 0 Å². The Morgan fingerprint density at radius 3 is 1.56 bits per heavy atom. The van der Waals surface area contributed by atoms with Crippen LogP contribution in [0.1, 0.15) is 47.5 Å². The minimum absolute atomic E-state index is 0.211. The molecule has 0 fully saturated rings. The Labute approximate surface area is 97.3 Å². The quantitative estimate of drug-likeness (QED) is 0.519. The Morgan fingerprint density at radius 1 is 0.938 bits per heavy atom. The van der Waals surface area contributed by atoms with Crippen LogP contribution in [0.3, 0.4) is 0 Å². The highest BCUT2D eigenvalue weighted by molar-refractivity contribution is 5.73. The lowest BCUT2D eigenvalue weighted by atomic mass is 10.2. The van der Waals surface area contributed by atoms with E-state index >= 15 is 0 Å². The van der Waals surface area contributed by atoms with Gasteiger partial charge in [0.05, 0.1) is 11.8 Å². The summed E-state index contributed by atoms with van der Waals surface area (Å²) in [5, 5.41) is 0. The number of hydrogen-bond donors (Lipinski definition) is 0. The van der Waals surface area contributed by atoms with Crippen molar-refractivity contribution < 1.29 is 19.1 Å². The number of ether oxygens (including phenoxy) is 2. The molecule has 0 aromatic rings. The van der Waals surface area contributed by atoms with Gasteiger partial charge in [0.1, 0.15) is 0 Å². The fraction of sp³-hybridized carbons (Fsp3) is 0.833. The largest absolute Gasteiger partial charge is 0.425 e. The third-order valence-electron chi connectivity index (χ3n) is 1.96. The molecule has 4 heteroatoms. The molecule has 0 atom stereocenters. The van der Waals surface area contributed by atoms with Gasteiger partial charge in [-0.05, 0) is 6.42 Å². The summed E-state index contributed by atoms with van der Waals surface area (Å²) in [5.74, 6) is -1.10. The molecular weight excluding hydrogens is 208 g/mol. The zero-order valence-electron chi connectivity index (χ0n) is 10.8. The van der Waals surface area contributed by atoms with Crippen molar-refractivity contribution in [1.29, 1.82) is 0 Å². The molecule has 0 heterocycles. The van der Waals surface area contributed by atoms with Gasteiger partial charge in [-0.15, -0.1) is 0 Å². The SMILES string of the molecule is CCCC(OC(=O)C(C)C)OC(=O)C(C)C. The molecule has 0 amide bonds. The molecule has 0 saturated heterocycles. The second-order valence-electron chi connectivity index (χ2n) is 4.40. The highest BCUT2D eigenvalue weighted by Gasteiger charge is 2.21. The topological polar surface area (TPSA) is 52.6 Å². The van der Waals surface area contributed by atoms with Gasteiger partial charge >= 0.3 is 11.9 Å². The van der Waals surface area contributed by atoms with Gasteiger partial charge in [0.2, 0.25) is 6.29 Å². The second-order valence-corrected chi connectivity index (χ2v) is 4.40. The highest BCUT2D eigenvalue weighted by atomic mass is 16.7. The van der Waals surface area contributed by atoms with Crippen molar-refractivity contribution in [3.63, 3.8) is 0 Å². The zero-order valence-corrected chi connectivity index (χ0v) is 10.8. The maximum Gasteiger partial charge on any atom is 0.311 e. The first-order chi connectivity index (χ1) is 7.38. The first-order valence-corrected chi connectivity index (χ1v) is 5.79. The molecule has 0 aromatic heterocycles. The van der Waals surface area contributed by atoms with Gasteiger partial charge in [-0.1, -0.05) is 34.6 Å². The number of hydrogen-bond acceptors (Lipinski definition) is 4. The van der Waals surface area contributed by atoms with Crippen LogP contribution in [0.4, 0.5) is 0 Å². The fourth-order valence-corrected chi connectivity index (χ4v) is 0.909. The lowest BCUT2D eigenvalue weighted by Gasteiger charge is -2.19. The number of rotatable bonds is 6. The van der Waals surface area contributed by atoms with E-state index in [4.69, 9.17) is 9.47 Å². The normalized spacial score (nSPS) is 11.0. The third-order valence-corrected chi connectivity index (χ3v) is 1.96. The standard InChI is InChI=1S/C12H22O4/c1-6-7-10(15-11(13)8(2)3)16-12(14)9(4)5/h8-10H,6-7H2,1-5H3. The second kappa shape index (κ2) is 7.25. The zero-order chi connectivity index (χ0) is 12.7. The molecule has 0 N–H and O–H groups in total. The molecule has 0 unspecified atom stereocenters. The first-order valence-electron chi connectivity index (χ1n) is 5.79. The maximum atomic E-state index is 11.4. The summed E-state index contributed by atoms with van der Waals surface area (Å²) in [6.07, 6.45) is 0.591. The maximum absolute atomic E-state index is 11.4. The van der Waals surface area contributed by atoms with Crippen LogP contribution in [0.2, 0.25) is 0 Å². The molecule has 0 aromatic carbocycles. The molecule has 0 rings (SSSR count). The van der Waals surface area contributed by atoms with Crippen LogP contribution in [0, 0.1) is 11.8 Å². The van der Waals surface area contributed by atoms with E-state index in [9.17, 15) is 9.59 Å². The van der Waals surface area contributed by atoms with Crippen molar-refractivity contribution in [2.45, 2.75) is 53.8 Å². The van der Waals surface area contributed by atoms with Crippen LogP contribution >= 0.6 is 0 Å². The summed E-state index contributed by atoms with van der Waals surface area (Å²) in [4.78, 5) is 22.7. The summed E-state index contributed by atoms with van der Waals surface area (Å²) in [6, 6.07) is 0. The van der Waals surface area contributed by atoms with Gasteiger partial charge in [-0.25, -0.2) is 0 Å². The van der Waals surface area contributed by atoms with Crippen LogP contribution < -0.4 is 0 Å². The monoisotopic (exact) mass is 230 g/mol. The van der Waals surface area contributed by atoms with E-state index in [0.717, 1.165) is 6.42 Å². The number of carbonyl (C=O) groups is 2. The summed E-state index contributed by atoms with van der Waals surface area (Å²) in [5.41, 5.74) is 0. The van der Waals surface area contributed by atoms with Gasteiger partial charge in [-0.3, -0.25) is 9.59 Å². The Kier molecular flexibility index (Phi) is 6.77. The Hall–Kier alpha value is -1.06. The van der Waals surface area contributed by atoms with Crippen molar-refractivity contribution in [2.24, 2.45) is 11.8 Å². The van der Waals surface area contributed by atoms with Gasteiger partial charge in [0.25, 0.3) is 0 Å². The first kappa shape index (κ1) is 14.9. The Balaban J connectivity index is 4.27. The molecule has 0 aliphatic carbocycles. The van der Waals surface area contributed by atoms with Crippen molar-refractivity contribution in [2.75, 3.05) is 0 Å². The third kappa shape index (κ3) is 5.73. The summed E-state index contributed by atoms with van der Waals surface area (Å²) in [6.45, 7) is 8.93. The molecule has 4 nitrogen and oxygen atoms in total. The smallest absolute Gasteiger partial charge is 0.311 e. The van der Waals surface area contributed by atoms with Gasteiger partial charge in [0.15, 0.2) is 0 Å². The number of carbonyl (C=O) groups excluding carboxylic acids is 2. The van der Waals surface area contributed by atoms with Crippen LogP contribution in [-0.2, 0) is 19.1 Å². The minimum Gasteiger partial charge on any atom is -0.425 e. The van der Waals surface area contributed by atoms with Crippen molar-refractivity contribution >= 4 is 11.9 Å². The molecule has 16 heavy (non-hydrogen) atoms. The minimum atomic E-state index is -0.741.